The Bertz CT molecular complexity index is 3140. The molecule has 0 spiro atoms. The first-order chi connectivity index (χ1) is 47.4. The molecule has 31 heteroatoms. The number of unbranched alkanes of at least 4 members (excludes halogenated alkanes) is 1. The SMILES string of the molecule is COCCOCCOCCOCCOCCOCCOCCOCCC(=O)N[C@@H](CCCCNC(=O)OCC1c2ccccc2-c2ccccc21)C(=O)Nc1cc(COC(=O)Oc2ccc([N+](=O)[O-])cc2)ccc1O[C@@H]1O[C@H](COC(C)=O)[C@@H](OC(C)=O)[C@H](OC(C)=O)[C@H]1OC(C)=O. The molecule has 3 N–H and O–H groups in total. The average molecular weight is 1380 g/mol. The van der Waals surface area contributed by atoms with Crippen LogP contribution in [0.5, 0.6) is 11.5 Å². The Morgan fingerprint density at radius 2 is 1.10 bits per heavy atom. The van der Waals surface area contributed by atoms with Crippen molar-refractivity contribution in [2.75, 3.05) is 131 Å². The van der Waals surface area contributed by atoms with Gasteiger partial charge in [0.2, 0.25) is 24.2 Å². The molecule has 0 saturated carbocycles. The topological polar surface area (TPSA) is 373 Å². The zero-order valence-electron chi connectivity index (χ0n) is 55.4. The molecule has 2 aliphatic rings. The van der Waals surface area contributed by atoms with Gasteiger partial charge in [0.1, 0.15) is 43.5 Å². The molecule has 0 unspecified atom stereocenters. The Balaban J connectivity index is 1.10. The quantitative estimate of drug-likeness (QED) is 0.0113. The number of nitrogens with zero attached hydrogens (tertiary/aromatic N) is 1. The molecule has 1 fully saturated rings. The van der Waals surface area contributed by atoms with E-state index in [1.54, 1.807) is 7.11 Å². The molecule has 1 aliphatic carbocycles. The number of alkyl carbamates (subject to hydrolysis) is 1. The number of esters is 4. The maximum Gasteiger partial charge on any atom is 0.514 e. The zero-order chi connectivity index (χ0) is 70.4. The van der Waals surface area contributed by atoms with E-state index >= 15 is 0 Å². The fraction of sp³-hybridized carbons (Fsp3) is 0.522. The molecule has 0 aromatic heterocycles. The van der Waals surface area contributed by atoms with Crippen LogP contribution in [-0.2, 0) is 106 Å². The van der Waals surface area contributed by atoms with E-state index in [0.29, 0.717) is 79.1 Å². The van der Waals surface area contributed by atoms with Crippen molar-refractivity contribution in [2.24, 2.45) is 0 Å². The number of nitrogens with one attached hydrogen (secondary N) is 3. The summed E-state index contributed by atoms with van der Waals surface area (Å²) in [6.07, 6.45) is -9.61. The van der Waals surface area contributed by atoms with Crippen LogP contribution >= 0.6 is 0 Å². The van der Waals surface area contributed by atoms with Gasteiger partial charge in [-0.15, -0.1) is 0 Å². The lowest BCUT2D eigenvalue weighted by Gasteiger charge is -2.44. The fourth-order valence-electron chi connectivity index (χ4n) is 9.98. The molecule has 1 aliphatic heterocycles. The van der Waals surface area contributed by atoms with Gasteiger partial charge in [-0.05, 0) is 71.3 Å². The minimum Gasteiger partial charge on any atom is -0.463 e. The summed E-state index contributed by atoms with van der Waals surface area (Å²) in [5.41, 5.74) is 3.99. The van der Waals surface area contributed by atoms with Gasteiger partial charge in [-0.2, -0.15) is 0 Å². The number of rotatable bonds is 45. The average Bonchev–Trinajstić information content (AvgIpc) is 1.57. The van der Waals surface area contributed by atoms with E-state index in [9.17, 15) is 48.5 Å². The Morgan fingerprint density at radius 1 is 0.571 bits per heavy atom. The lowest BCUT2D eigenvalue weighted by molar-refractivity contribution is -0.384. The van der Waals surface area contributed by atoms with Crippen LogP contribution in [0.2, 0.25) is 0 Å². The number of nitro benzene ring substituents is 1. The first-order valence-corrected chi connectivity index (χ1v) is 31.8. The lowest BCUT2D eigenvalue weighted by atomic mass is 9.98. The Labute approximate surface area is 566 Å². The molecule has 98 heavy (non-hydrogen) atoms. The molecule has 1 heterocycles. The number of ether oxygens (including phenoxy) is 17. The van der Waals surface area contributed by atoms with Gasteiger partial charge in [0.15, 0.2) is 12.2 Å². The molecule has 3 amide bonds. The van der Waals surface area contributed by atoms with E-state index in [2.05, 4.69) is 16.0 Å². The molecular formula is C67H86N4O27. The second-order valence-corrected chi connectivity index (χ2v) is 21.8. The summed E-state index contributed by atoms with van der Waals surface area (Å²) < 4.78 is 94.3. The van der Waals surface area contributed by atoms with Gasteiger partial charge in [-0.1, -0.05) is 54.6 Å². The summed E-state index contributed by atoms with van der Waals surface area (Å²) in [5.74, 6) is -5.35. The zero-order valence-corrected chi connectivity index (χ0v) is 55.4. The summed E-state index contributed by atoms with van der Waals surface area (Å²) >= 11 is 0. The molecule has 4 aromatic carbocycles. The Kier molecular flexibility index (Phi) is 34.6. The fourth-order valence-corrected chi connectivity index (χ4v) is 9.98. The first-order valence-electron chi connectivity index (χ1n) is 31.8. The van der Waals surface area contributed by atoms with Gasteiger partial charge in [-0.3, -0.25) is 38.9 Å². The number of carbonyl (C=O) groups is 8. The van der Waals surface area contributed by atoms with Gasteiger partial charge in [-0.25, -0.2) is 9.59 Å². The van der Waals surface area contributed by atoms with Crippen LogP contribution in [0.25, 0.3) is 11.1 Å². The molecule has 0 bridgehead atoms. The highest BCUT2D eigenvalue weighted by molar-refractivity contribution is 5.98. The van der Waals surface area contributed by atoms with E-state index < -0.39 is 103 Å². The number of methoxy groups -OCH3 is 1. The molecule has 6 atom stereocenters. The third-order valence-corrected chi connectivity index (χ3v) is 14.4. The highest BCUT2D eigenvalue weighted by Gasteiger charge is 2.53. The summed E-state index contributed by atoms with van der Waals surface area (Å²) in [5, 5.41) is 19.5. The maximum atomic E-state index is 14.8. The largest absolute Gasteiger partial charge is 0.514 e. The Morgan fingerprint density at radius 3 is 1.64 bits per heavy atom. The number of hydrogen-bond donors (Lipinski definition) is 3. The molecular weight excluding hydrogens is 1290 g/mol. The van der Waals surface area contributed by atoms with Crippen LogP contribution in [-0.4, -0.2) is 216 Å². The number of non-ortho nitro benzene ring substituents is 1. The molecule has 6 rings (SSSR count). The maximum absolute atomic E-state index is 14.8. The lowest BCUT2D eigenvalue weighted by Crippen LogP contribution is -2.63. The minimum atomic E-state index is -1.79. The predicted molar refractivity (Wildman–Crippen MR) is 343 cm³/mol. The van der Waals surface area contributed by atoms with Gasteiger partial charge in [0.05, 0.1) is 110 Å². The van der Waals surface area contributed by atoms with Gasteiger partial charge in [0.25, 0.3) is 5.69 Å². The van der Waals surface area contributed by atoms with Crippen LogP contribution in [0.3, 0.4) is 0 Å². The van der Waals surface area contributed by atoms with Crippen molar-refractivity contribution >= 4 is 59.3 Å². The number of hydrogen-bond acceptors (Lipinski definition) is 27. The smallest absolute Gasteiger partial charge is 0.463 e. The van der Waals surface area contributed by atoms with Crippen molar-refractivity contribution in [3.05, 3.63) is 118 Å². The van der Waals surface area contributed by atoms with Crippen molar-refractivity contribution in [1.29, 1.82) is 0 Å². The molecule has 31 nitrogen and oxygen atoms in total. The summed E-state index contributed by atoms with van der Waals surface area (Å²) in [6.45, 7) is 8.53. The van der Waals surface area contributed by atoms with Crippen molar-refractivity contribution in [2.45, 2.75) is 103 Å². The molecule has 536 valence electrons. The molecule has 4 aromatic rings. The van der Waals surface area contributed by atoms with Crippen LogP contribution in [0, 0.1) is 10.1 Å². The Hall–Kier alpha value is -8.92. The third kappa shape index (κ3) is 27.9. The monoisotopic (exact) mass is 1380 g/mol. The van der Waals surface area contributed by atoms with Crippen LogP contribution in [0.4, 0.5) is 21.0 Å². The van der Waals surface area contributed by atoms with Gasteiger partial charge < -0.3 is 96.5 Å². The summed E-state index contributed by atoms with van der Waals surface area (Å²) in [6, 6.07) is 23.2. The second-order valence-electron chi connectivity index (χ2n) is 21.8. The van der Waals surface area contributed by atoms with E-state index in [4.69, 9.17) is 80.5 Å². The van der Waals surface area contributed by atoms with Crippen molar-refractivity contribution < 1.29 is 124 Å². The molecule has 1 saturated heterocycles. The minimum absolute atomic E-state index is 0.00212. The first kappa shape index (κ1) is 78.1. The van der Waals surface area contributed by atoms with Gasteiger partial charge >= 0.3 is 36.1 Å². The number of anilines is 1. The number of amides is 3. The summed E-state index contributed by atoms with van der Waals surface area (Å²) in [4.78, 5) is 115. The van der Waals surface area contributed by atoms with Crippen molar-refractivity contribution in [3.63, 3.8) is 0 Å². The predicted octanol–water partition coefficient (Wildman–Crippen LogP) is 6.06. The normalized spacial score (nSPS) is 16.4. The number of nitro groups is 1. The number of benzene rings is 4. The van der Waals surface area contributed by atoms with Crippen LogP contribution in [0.15, 0.2) is 91.0 Å². The van der Waals surface area contributed by atoms with E-state index in [0.717, 1.165) is 62.1 Å². The third-order valence-electron chi connectivity index (χ3n) is 14.4. The standard InChI is InChI=1S/C67H86N4O27/c1-44(72)90-43-59-61(93-45(2)73)62(94-46(3)74)63(95-47(4)75)65(98-59)97-58-22-17-48(41-92-67(79)96-50-20-18-49(19-21-50)71(80)81)40-57(58)70-64(77)56(16-10-11-24-68-66(78)91-42-55-53-14-8-6-12-51(53)52-13-7-9-15-54(52)55)69-60(76)23-25-83-28-29-85-32-33-87-36-37-89-39-38-88-35-34-86-31-30-84-27-26-82-5/h6-9,12-15,17-22,40,55-56,59,61-63,65H,10-11,16,23-39,41-43H2,1-5H3,(H,68,78)(H,69,76)(H,70,77)/t56-,59+,61+,62-,63+,65+/m0/s1. The number of carbonyl (C=O) groups excluding carboxylic acids is 8. The summed E-state index contributed by atoms with van der Waals surface area (Å²) in [7, 11) is 1.61. The van der Waals surface area contributed by atoms with Gasteiger partial charge in [0, 0.05) is 65.8 Å². The van der Waals surface area contributed by atoms with E-state index in [1.165, 1.54) is 30.3 Å². The van der Waals surface area contributed by atoms with E-state index in [-0.39, 0.29) is 93.2 Å². The van der Waals surface area contributed by atoms with Crippen LogP contribution in [0.1, 0.15) is 76.0 Å². The van der Waals surface area contributed by atoms with Crippen LogP contribution < -0.4 is 25.4 Å². The van der Waals surface area contributed by atoms with E-state index in [1.807, 2.05) is 48.5 Å². The second kappa shape index (κ2) is 43.4. The number of fused-ring (bicyclic) bond motifs is 3. The highest BCUT2D eigenvalue weighted by Crippen LogP contribution is 2.44. The molecule has 0 radical (unpaired) electrons. The highest BCUT2D eigenvalue weighted by atomic mass is 16.7. The van der Waals surface area contributed by atoms with Crippen molar-refractivity contribution in [1.82, 2.24) is 10.6 Å². The van der Waals surface area contributed by atoms with Crippen molar-refractivity contribution in [3.8, 4) is 22.6 Å².